The molecule has 0 amide bonds. The first-order chi connectivity index (χ1) is 9.17. The first-order valence-electron chi connectivity index (χ1n) is 6.51. The summed E-state index contributed by atoms with van der Waals surface area (Å²) in [6.45, 7) is 2.98. The van der Waals surface area contributed by atoms with E-state index in [-0.39, 0.29) is 6.04 Å². The van der Waals surface area contributed by atoms with Gasteiger partial charge in [0.05, 0.1) is 10.5 Å². The van der Waals surface area contributed by atoms with E-state index in [0.29, 0.717) is 5.92 Å². The molecule has 0 saturated heterocycles. The largest absolute Gasteiger partial charge is 0.458 e. The molecular formula is C15H20BrNO2. The van der Waals surface area contributed by atoms with E-state index in [1.807, 2.05) is 19.2 Å². The highest BCUT2D eigenvalue weighted by molar-refractivity contribution is 9.10. The zero-order chi connectivity index (χ0) is 13.8. The Balaban J connectivity index is 2.27. The molecule has 1 aromatic carbocycles. The van der Waals surface area contributed by atoms with Crippen LogP contribution in [0.1, 0.15) is 25.1 Å². The van der Waals surface area contributed by atoms with Crippen molar-refractivity contribution in [3.8, 4) is 0 Å². The average molecular weight is 326 g/mol. The number of methoxy groups -OCH3 is 1. The van der Waals surface area contributed by atoms with E-state index >= 15 is 0 Å². The van der Waals surface area contributed by atoms with Crippen LogP contribution >= 0.6 is 15.9 Å². The first-order valence-corrected chi connectivity index (χ1v) is 7.30. The van der Waals surface area contributed by atoms with Crippen LogP contribution in [0.5, 0.6) is 0 Å². The molecule has 3 nitrogen and oxygen atoms in total. The van der Waals surface area contributed by atoms with Crippen LogP contribution in [0.2, 0.25) is 0 Å². The predicted octanol–water partition coefficient (Wildman–Crippen LogP) is 4.13. The smallest absolute Gasteiger partial charge is 0.148 e. The number of para-hydroxylation sites is 1. The lowest BCUT2D eigenvalue weighted by atomic mass is 9.96. The number of benzene rings is 1. The van der Waals surface area contributed by atoms with E-state index in [1.54, 1.807) is 7.11 Å². The summed E-state index contributed by atoms with van der Waals surface area (Å²) in [7, 11) is 3.70. The third-order valence-corrected chi connectivity index (χ3v) is 4.10. The van der Waals surface area contributed by atoms with E-state index in [1.165, 1.54) is 0 Å². The van der Waals surface area contributed by atoms with Crippen LogP contribution in [0.4, 0.5) is 0 Å². The van der Waals surface area contributed by atoms with Crippen LogP contribution in [0.15, 0.2) is 33.2 Å². The molecule has 0 aliphatic heterocycles. The first kappa shape index (κ1) is 14.6. The van der Waals surface area contributed by atoms with Gasteiger partial charge in [0.2, 0.25) is 0 Å². The van der Waals surface area contributed by atoms with Crippen LogP contribution < -0.4 is 5.32 Å². The minimum Gasteiger partial charge on any atom is -0.458 e. The van der Waals surface area contributed by atoms with Crippen molar-refractivity contribution in [2.75, 3.05) is 20.8 Å². The summed E-state index contributed by atoms with van der Waals surface area (Å²) in [5, 5.41) is 4.47. The Labute approximate surface area is 122 Å². The van der Waals surface area contributed by atoms with E-state index < -0.39 is 0 Å². The molecule has 1 N–H and O–H groups in total. The number of furan rings is 1. The van der Waals surface area contributed by atoms with Crippen molar-refractivity contribution in [1.82, 2.24) is 5.32 Å². The topological polar surface area (TPSA) is 34.4 Å². The molecule has 1 heterocycles. The third kappa shape index (κ3) is 3.19. The third-order valence-electron chi connectivity index (χ3n) is 3.48. The molecule has 4 heteroatoms. The van der Waals surface area contributed by atoms with Gasteiger partial charge < -0.3 is 14.5 Å². The van der Waals surface area contributed by atoms with Gasteiger partial charge in [-0.2, -0.15) is 0 Å². The Kier molecular flexibility index (Phi) is 5.02. The van der Waals surface area contributed by atoms with Gasteiger partial charge in [-0.1, -0.05) is 19.1 Å². The van der Waals surface area contributed by atoms with Crippen molar-refractivity contribution in [3.63, 3.8) is 0 Å². The van der Waals surface area contributed by atoms with Gasteiger partial charge >= 0.3 is 0 Å². The molecule has 2 rings (SSSR count). The number of hydrogen-bond acceptors (Lipinski definition) is 3. The van der Waals surface area contributed by atoms with E-state index in [9.17, 15) is 0 Å². The van der Waals surface area contributed by atoms with Crippen LogP contribution in [0.25, 0.3) is 11.0 Å². The molecule has 104 valence electrons. The highest BCUT2D eigenvalue weighted by Gasteiger charge is 2.21. The van der Waals surface area contributed by atoms with Crippen molar-refractivity contribution >= 4 is 26.9 Å². The fourth-order valence-electron chi connectivity index (χ4n) is 2.38. The lowest BCUT2D eigenvalue weighted by Crippen LogP contribution is -2.23. The minimum absolute atomic E-state index is 0.203. The standard InChI is InChI=1S/C15H20BrNO2/c1-10(7-8-18-3)14(17-2)13-9-11-5-4-6-12(16)15(11)19-13/h4-6,9-10,14,17H,7-8H2,1-3H3. The molecule has 0 spiro atoms. The maximum absolute atomic E-state index is 6.00. The fraction of sp³-hybridized carbons (Fsp3) is 0.467. The number of hydrogen-bond donors (Lipinski definition) is 1. The normalized spacial score (nSPS) is 14.7. The summed E-state index contributed by atoms with van der Waals surface area (Å²) < 4.78 is 12.2. The molecule has 2 aromatic rings. The van der Waals surface area contributed by atoms with Crippen molar-refractivity contribution in [3.05, 3.63) is 34.5 Å². The molecule has 2 atom stereocenters. The quantitative estimate of drug-likeness (QED) is 0.867. The van der Waals surface area contributed by atoms with Gasteiger partial charge in [-0.05, 0) is 47.4 Å². The number of nitrogens with one attached hydrogen (secondary N) is 1. The van der Waals surface area contributed by atoms with Gasteiger partial charge in [0.25, 0.3) is 0 Å². The second-order valence-corrected chi connectivity index (χ2v) is 5.69. The molecule has 1 aromatic heterocycles. The molecule has 0 bridgehead atoms. The zero-order valence-electron chi connectivity index (χ0n) is 11.6. The maximum atomic E-state index is 6.00. The lowest BCUT2D eigenvalue weighted by Gasteiger charge is -2.21. The fourth-order valence-corrected chi connectivity index (χ4v) is 2.84. The van der Waals surface area contributed by atoms with Crippen LogP contribution in [0, 0.1) is 5.92 Å². The zero-order valence-corrected chi connectivity index (χ0v) is 13.2. The Morgan fingerprint density at radius 1 is 1.42 bits per heavy atom. The van der Waals surface area contributed by atoms with Crippen molar-refractivity contribution in [2.45, 2.75) is 19.4 Å². The van der Waals surface area contributed by atoms with Gasteiger partial charge in [0, 0.05) is 19.1 Å². The molecule has 0 aliphatic rings. The summed E-state index contributed by atoms with van der Waals surface area (Å²) >= 11 is 3.53. The summed E-state index contributed by atoms with van der Waals surface area (Å²) in [5.41, 5.74) is 0.914. The number of ether oxygens (including phenoxy) is 1. The Bertz CT molecular complexity index is 538. The molecule has 0 radical (unpaired) electrons. The number of rotatable bonds is 6. The summed E-state index contributed by atoms with van der Waals surface area (Å²) in [5.74, 6) is 1.43. The monoisotopic (exact) mass is 325 g/mol. The van der Waals surface area contributed by atoms with Crippen LogP contribution in [-0.2, 0) is 4.74 Å². The summed E-state index contributed by atoms with van der Waals surface area (Å²) in [4.78, 5) is 0. The highest BCUT2D eigenvalue weighted by Crippen LogP contribution is 2.32. The van der Waals surface area contributed by atoms with E-state index in [0.717, 1.165) is 34.2 Å². The highest BCUT2D eigenvalue weighted by atomic mass is 79.9. The lowest BCUT2D eigenvalue weighted by molar-refractivity contribution is 0.168. The SMILES string of the molecule is CNC(c1cc2cccc(Br)c2o1)C(C)CCOC. The van der Waals surface area contributed by atoms with E-state index in [4.69, 9.17) is 9.15 Å². The van der Waals surface area contributed by atoms with Gasteiger partial charge in [-0.3, -0.25) is 0 Å². The molecule has 0 aliphatic carbocycles. The minimum atomic E-state index is 0.203. The number of halogens is 1. The van der Waals surface area contributed by atoms with E-state index in [2.05, 4.69) is 40.3 Å². The van der Waals surface area contributed by atoms with Crippen molar-refractivity contribution in [1.29, 1.82) is 0 Å². The summed E-state index contributed by atoms with van der Waals surface area (Å²) in [6, 6.07) is 8.41. The number of fused-ring (bicyclic) bond motifs is 1. The van der Waals surface area contributed by atoms with Crippen molar-refractivity contribution < 1.29 is 9.15 Å². The Morgan fingerprint density at radius 2 is 2.21 bits per heavy atom. The van der Waals surface area contributed by atoms with Gasteiger partial charge in [-0.25, -0.2) is 0 Å². The van der Waals surface area contributed by atoms with Gasteiger partial charge in [0.1, 0.15) is 11.3 Å². The Hall–Kier alpha value is -0.840. The molecular weight excluding hydrogens is 306 g/mol. The molecule has 0 saturated carbocycles. The Morgan fingerprint density at radius 3 is 2.84 bits per heavy atom. The van der Waals surface area contributed by atoms with Gasteiger partial charge in [0.15, 0.2) is 0 Å². The average Bonchev–Trinajstić information content (AvgIpc) is 2.82. The van der Waals surface area contributed by atoms with Crippen molar-refractivity contribution in [2.24, 2.45) is 5.92 Å². The molecule has 19 heavy (non-hydrogen) atoms. The molecule has 0 fully saturated rings. The summed E-state index contributed by atoms with van der Waals surface area (Å²) in [6.07, 6.45) is 1.00. The predicted molar refractivity (Wildman–Crippen MR) is 81.4 cm³/mol. The van der Waals surface area contributed by atoms with Crippen LogP contribution in [0.3, 0.4) is 0 Å². The molecule has 2 unspecified atom stereocenters. The van der Waals surface area contributed by atoms with Crippen LogP contribution in [-0.4, -0.2) is 20.8 Å². The van der Waals surface area contributed by atoms with Gasteiger partial charge in [-0.15, -0.1) is 0 Å². The second kappa shape index (κ2) is 6.55. The maximum Gasteiger partial charge on any atom is 0.148 e. The second-order valence-electron chi connectivity index (χ2n) is 4.83.